The van der Waals surface area contributed by atoms with Crippen LogP contribution >= 0.6 is 0 Å². The van der Waals surface area contributed by atoms with E-state index in [4.69, 9.17) is 0 Å². The van der Waals surface area contributed by atoms with E-state index < -0.39 is 0 Å². The summed E-state index contributed by atoms with van der Waals surface area (Å²) >= 11 is 0. The number of nitrogens with zero attached hydrogens (tertiary/aromatic N) is 1. The van der Waals surface area contributed by atoms with Crippen LogP contribution in [0.4, 0.5) is 5.69 Å². The minimum atomic E-state index is 0.636. The summed E-state index contributed by atoms with van der Waals surface area (Å²) in [6.45, 7) is 6.83. The molecule has 18 heavy (non-hydrogen) atoms. The molecular formula is C16H26N2. The van der Waals surface area contributed by atoms with E-state index in [2.05, 4.69) is 37.1 Å². The van der Waals surface area contributed by atoms with Crippen LogP contribution in [0.15, 0.2) is 18.5 Å². The van der Waals surface area contributed by atoms with Crippen molar-refractivity contribution >= 4 is 5.69 Å². The first kappa shape index (κ1) is 13.4. The van der Waals surface area contributed by atoms with Crippen molar-refractivity contribution in [1.29, 1.82) is 0 Å². The van der Waals surface area contributed by atoms with Crippen LogP contribution in [0.2, 0.25) is 0 Å². The van der Waals surface area contributed by atoms with Gasteiger partial charge in [-0.3, -0.25) is 4.98 Å². The van der Waals surface area contributed by atoms with E-state index in [1.165, 1.54) is 43.4 Å². The van der Waals surface area contributed by atoms with Gasteiger partial charge in [0.15, 0.2) is 0 Å². The summed E-state index contributed by atoms with van der Waals surface area (Å²) in [6.07, 6.45) is 10.6. The predicted octanol–water partition coefficient (Wildman–Crippen LogP) is 4.41. The van der Waals surface area contributed by atoms with Crippen LogP contribution in [0.3, 0.4) is 0 Å². The molecule has 1 saturated carbocycles. The van der Waals surface area contributed by atoms with Crippen molar-refractivity contribution in [2.75, 3.05) is 5.32 Å². The van der Waals surface area contributed by atoms with E-state index in [9.17, 15) is 0 Å². The molecule has 2 atom stereocenters. The second-order valence-electron chi connectivity index (χ2n) is 6.10. The van der Waals surface area contributed by atoms with Crippen molar-refractivity contribution < 1.29 is 0 Å². The summed E-state index contributed by atoms with van der Waals surface area (Å²) < 4.78 is 0. The smallest absolute Gasteiger partial charge is 0.0531 e. The summed E-state index contributed by atoms with van der Waals surface area (Å²) in [4.78, 5) is 4.25. The highest BCUT2D eigenvalue weighted by Crippen LogP contribution is 2.30. The van der Waals surface area contributed by atoms with Crippen molar-refractivity contribution in [3.05, 3.63) is 24.0 Å². The number of nitrogens with one attached hydrogen (secondary N) is 1. The minimum absolute atomic E-state index is 0.636. The van der Waals surface area contributed by atoms with Crippen LogP contribution < -0.4 is 5.32 Å². The standard InChI is InChI=1S/C16H26N2/c1-12(2)14-5-4-6-15(8-7-14)18-16-9-13(3)10-17-11-16/h9-12,14-15,18H,4-8H2,1-3H3. The van der Waals surface area contributed by atoms with Crippen LogP contribution in [0, 0.1) is 18.8 Å². The number of aromatic nitrogens is 1. The van der Waals surface area contributed by atoms with E-state index >= 15 is 0 Å². The molecule has 0 saturated heterocycles. The van der Waals surface area contributed by atoms with Gasteiger partial charge in [0.25, 0.3) is 0 Å². The fourth-order valence-electron chi connectivity index (χ4n) is 3.01. The van der Waals surface area contributed by atoms with Gasteiger partial charge in [0.05, 0.1) is 5.69 Å². The first-order chi connectivity index (χ1) is 8.65. The minimum Gasteiger partial charge on any atom is -0.381 e. The van der Waals surface area contributed by atoms with E-state index in [1.54, 1.807) is 0 Å². The molecule has 1 heterocycles. The topological polar surface area (TPSA) is 24.9 Å². The molecule has 1 N–H and O–H groups in total. The second-order valence-corrected chi connectivity index (χ2v) is 6.10. The van der Waals surface area contributed by atoms with Crippen LogP contribution in [-0.4, -0.2) is 11.0 Å². The Labute approximate surface area is 111 Å². The van der Waals surface area contributed by atoms with Gasteiger partial charge in [-0.1, -0.05) is 26.7 Å². The lowest BCUT2D eigenvalue weighted by Gasteiger charge is -2.19. The number of pyridine rings is 1. The molecule has 0 aromatic carbocycles. The largest absolute Gasteiger partial charge is 0.381 e. The molecule has 1 aromatic rings. The van der Waals surface area contributed by atoms with Crippen molar-refractivity contribution in [3.8, 4) is 0 Å². The van der Waals surface area contributed by atoms with Crippen LogP contribution in [-0.2, 0) is 0 Å². The second kappa shape index (κ2) is 6.21. The molecule has 2 rings (SSSR count). The number of hydrogen-bond acceptors (Lipinski definition) is 2. The maximum Gasteiger partial charge on any atom is 0.0531 e. The van der Waals surface area contributed by atoms with Crippen molar-refractivity contribution in [3.63, 3.8) is 0 Å². The number of hydrogen-bond donors (Lipinski definition) is 1. The fourth-order valence-corrected chi connectivity index (χ4v) is 3.01. The molecule has 0 radical (unpaired) electrons. The highest BCUT2D eigenvalue weighted by Gasteiger charge is 2.20. The summed E-state index contributed by atoms with van der Waals surface area (Å²) in [7, 11) is 0. The lowest BCUT2D eigenvalue weighted by Crippen LogP contribution is -2.18. The lowest BCUT2D eigenvalue weighted by molar-refractivity contribution is 0.341. The maximum atomic E-state index is 4.25. The molecule has 2 nitrogen and oxygen atoms in total. The Bertz CT molecular complexity index is 373. The van der Waals surface area contributed by atoms with Crippen molar-refractivity contribution in [1.82, 2.24) is 4.98 Å². The van der Waals surface area contributed by atoms with E-state index in [0.29, 0.717) is 6.04 Å². The summed E-state index contributed by atoms with van der Waals surface area (Å²) in [5, 5.41) is 3.66. The molecule has 0 spiro atoms. The van der Waals surface area contributed by atoms with E-state index in [1.807, 2.05) is 12.4 Å². The zero-order valence-corrected chi connectivity index (χ0v) is 11.9. The molecule has 1 aliphatic carbocycles. The van der Waals surface area contributed by atoms with Gasteiger partial charge >= 0.3 is 0 Å². The Hall–Kier alpha value is -1.05. The Morgan fingerprint density at radius 3 is 2.72 bits per heavy atom. The summed E-state index contributed by atoms with van der Waals surface area (Å²) in [5.74, 6) is 1.76. The molecule has 0 aliphatic heterocycles. The molecule has 1 fully saturated rings. The molecule has 1 aliphatic rings. The summed E-state index contributed by atoms with van der Waals surface area (Å²) in [5.41, 5.74) is 2.41. The SMILES string of the molecule is Cc1cncc(NC2CCCC(C(C)C)CC2)c1. The Morgan fingerprint density at radius 2 is 2.00 bits per heavy atom. The highest BCUT2D eigenvalue weighted by atomic mass is 14.9. The average Bonchev–Trinajstić information content (AvgIpc) is 2.55. The van der Waals surface area contributed by atoms with E-state index in [-0.39, 0.29) is 0 Å². The van der Waals surface area contributed by atoms with Gasteiger partial charge in [-0.15, -0.1) is 0 Å². The van der Waals surface area contributed by atoms with Gasteiger partial charge in [0.1, 0.15) is 0 Å². The molecular weight excluding hydrogens is 220 g/mol. The van der Waals surface area contributed by atoms with Crippen molar-refractivity contribution in [2.24, 2.45) is 11.8 Å². The molecule has 2 heteroatoms. The van der Waals surface area contributed by atoms with Gasteiger partial charge in [-0.05, 0) is 49.7 Å². The van der Waals surface area contributed by atoms with Crippen LogP contribution in [0.1, 0.15) is 51.5 Å². The molecule has 100 valence electrons. The maximum absolute atomic E-state index is 4.25. The third-order valence-electron chi connectivity index (χ3n) is 4.20. The zero-order chi connectivity index (χ0) is 13.0. The molecule has 1 aromatic heterocycles. The van der Waals surface area contributed by atoms with Gasteiger partial charge in [-0.25, -0.2) is 0 Å². The monoisotopic (exact) mass is 246 g/mol. The third kappa shape index (κ3) is 3.72. The van der Waals surface area contributed by atoms with Gasteiger partial charge in [0.2, 0.25) is 0 Å². The Balaban J connectivity index is 1.91. The van der Waals surface area contributed by atoms with Gasteiger partial charge in [-0.2, -0.15) is 0 Å². The first-order valence-corrected chi connectivity index (χ1v) is 7.33. The molecule has 0 amide bonds. The van der Waals surface area contributed by atoms with Crippen molar-refractivity contribution in [2.45, 2.75) is 58.9 Å². The van der Waals surface area contributed by atoms with E-state index in [0.717, 1.165) is 11.8 Å². The third-order valence-corrected chi connectivity index (χ3v) is 4.20. The predicted molar refractivity (Wildman–Crippen MR) is 77.8 cm³/mol. The average molecular weight is 246 g/mol. The highest BCUT2D eigenvalue weighted by molar-refractivity contribution is 5.43. The molecule has 2 unspecified atom stereocenters. The van der Waals surface area contributed by atoms with Gasteiger partial charge in [0, 0.05) is 18.4 Å². The molecule has 0 bridgehead atoms. The Morgan fingerprint density at radius 1 is 1.17 bits per heavy atom. The summed E-state index contributed by atoms with van der Waals surface area (Å²) in [6, 6.07) is 2.83. The number of anilines is 1. The van der Waals surface area contributed by atoms with Crippen LogP contribution in [0.25, 0.3) is 0 Å². The lowest BCUT2D eigenvalue weighted by atomic mass is 9.89. The number of aryl methyl sites for hydroxylation is 1. The number of rotatable bonds is 3. The van der Waals surface area contributed by atoms with Gasteiger partial charge < -0.3 is 5.32 Å². The fraction of sp³-hybridized carbons (Fsp3) is 0.688. The Kier molecular flexibility index (Phi) is 4.62. The first-order valence-electron chi connectivity index (χ1n) is 7.33. The normalized spacial score (nSPS) is 24.9. The zero-order valence-electron chi connectivity index (χ0n) is 11.9. The quantitative estimate of drug-likeness (QED) is 0.799. The van der Waals surface area contributed by atoms with Crippen LogP contribution in [0.5, 0.6) is 0 Å².